The van der Waals surface area contributed by atoms with Gasteiger partial charge in [-0.25, -0.2) is 9.37 Å². The van der Waals surface area contributed by atoms with Crippen molar-refractivity contribution in [2.45, 2.75) is 19.4 Å². The molecule has 0 bridgehead atoms. The fourth-order valence-electron chi connectivity index (χ4n) is 4.32. The topological polar surface area (TPSA) is 107 Å². The second-order valence-corrected chi connectivity index (χ2v) is 9.13. The van der Waals surface area contributed by atoms with E-state index >= 15 is 0 Å². The molecule has 3 N–H and O–H groups in total. The Morgan fingerprint density at radius 1 is 1.09 bits per heavy atom. The first-order valence-electron chi connectivity index (χ1n) is 11.3. The van der Waals surface area contributed by atoms with E-state index in [9.17, 15) is 18.8 Å². The Bertz CT molecular complexity index is 1530. The molecule has 3 heterocycles. The molecule has 4 aromatic rings. The maximum atomic E-state index is 15.0. The van der Waals surface area contributed by atoms with Crippen LogP contribution in [0.5, 0.6) is 0 Å². The van der Waals surface area contributed by atoms with Crippen molar-refractivity contribution in [1.29, 1.82) is 0 Å². The lowest BCUT2D eigenvalue weighted by atomic mass is 9.95. The van der Waals surface area contributed by atoms with Gasteiger partial charge in [-0.1, -0.05) is 18.2 Å². The predicted octanol–water partition coefficient (Wildman–Crippen LogP) is 2.82. The molecule has 0 aliphatic carbocycles. The number of amides is 2. The van der Waals surface area contributed by atoms with Gasteiger partial charge in [-0.15, -0.1) is 0 Å². The third kappa shape index (κ3) is 4.21. The molecule has 0 radical (unpaired) electrons. The Morgan fingerprint density at radius 2 is 1.89 bits per heavy atom. The Balaban J connectivity index is 1.41. The lowest BCUT2D eigenvalue weighted by molar-refractivity contribution is -0.120. The number of pyridine rings is 2. The van der Waals surface area contributed by atoms with Gasteiger partial charge in [0.1, 0.15) is 11.6 Å². The van der Waals surface area contributed by atoms with E-state index in [2.05, 4.69) is 20.6 Å². The molecule has 35 heavy (non-hydrogen) atoms. The minimum absolute atomic E-state index is 0.0542. The molecule has 1 fully saturated rings. The van der Waals surface area contributed by atoms with Crippen LogP contribution >= 0.6 is 0 Å². The third-order valence-electron chi connectivity index (χ3n) is 6.30. The zero-order valence-corrected chi connectivity index (χ0v) is 19.3. The van der Waals surface area contributed by atoms with Crippen molar-refractivity contribution in [1.82, 2.24) is 20.6 Å². The van der Waals surface area contributed by atoms with Crippen LogP contribution in [-0.4, -0.2) is 41.4 Å². The van der Waals surface area contributed by atoms with Crippen molar-refractivity contribution >= 4 is 39.4 Å². The zero-order chi connectivity index (χ0) is 24.7. The van der Waals surface area contributed by atoms with Crippen molar-refractivity contribution in [3.05, 3.63) is 81.9 Å². The number of rotatable bonds is 4. The van der Waals surface area contributed by atoms with Crippen LogP contribution < -0.4 is 21.0 Å². The van der Waals surface area contributed by atoms with Crippen LogP contribution in [0.3, 0.4) is 0 Å². The van der Waals surface area contributed by atoms with E-state index in [4.69, 9.17) is 0 Å². The molecule has 1 aliphatic rings. The van der Waals surface area contributed by atoms with Gasteiger partial charge in [-0.2, -0.15) is 0 Å². The number of piperazine rings is 1. The van der Waals surface area contributed by atoms with Crippen molar-refractivity contribution in [3.63, 3.8) is 0 Å². The quantitative estimate of drug-likeness (QED) is 0.395. The zero-order valence-electron chi connectivity index (χ0n) is 19.3. The van der Waals surface area contributed by atoms with Crippen molar-refractivity contribution in [2.75, 3.05) is 24.5 Å². The first-order chi connectivity index (χ1) is 16.7. The summed E-state index contributed by atoms with van der Waals surface area (Å²) in [5.41, 5.74) is 0.394. The van der Waals surface area contributed by atoms with E-state index in [1.54, 1.807) is 50.4 Å². The summed E-state index contributed by atoms with van der Waals surface area (Å²) >= 11 is 0. The van der Waals surface area contributed by atoms with Gasteiger partial charge in [0.2, 0.25) is 5.91 Å². The number of halogens is 1. The molecule has 1 saturated heterocycles. The SMILES string of the molecule is CC(C)(NC(=O)c1cc2[nH]c3ccccc3c(=O)c2cc1F)c1ccc(N2CCNC(=O)C2)nc1. The Kier molecular flexibility index (Phi) is 5.47. The number of fused-ring (bicyclic) bond motifs is 2. The number of hydrogen-bond donors (Lipinski definition) is 3. The summed E-state index contributed by atoms with van der Waals surface area (Å²) in [5.74, 6) is -0.771. The van der Waals surface area contributed by atoms with Crippen molar-refractivity contribution in [3.8, 4) is 0 Å². The molecule has 2 aromatic carbocycles. The second kappa shape index (κ2) is 8.50. The fraction of sp³-hybridized carbons (Fsp3) is 0.231. The monoisotopic (exact) mass is 473 g/mol. The van der Waals surface area contributed by atoms with Gasteiger partial charge in [-0.3, -0.25) is 14.4 Å². The van der Waals surface area contributed by atoms with Crippen LogP contribution in [0.25, 0.3) is 21.8 Å². The molecule has 5 rings (SSSR count). The maximum absolute atomic E-state index is 15.0. The number of anilines is 1. The molecule has 0 atom stereocenters. The highest BCUT2D eigenvalue weighted by molar-refractivity contribution is 6.00. The first-order valence-corrected chi connectivity index (χ1v) is 11.3. The van der Waals surface area contributed by atoms with Gasteiger partial charge in [0, 0.05) is 35.6 Å². The van der Waals surface area contributed by atoms with Crippen molar-refractivity contribution < 1.29 is 14.0 Å². The third-order valence-corrected chi connectivity index (χ3v) is 6.30. The molecule has 2 amide bonds. The van der Waals surface area contributed by atoms with Crippen LogP contribution in [0.2, 0.25) is 0 Å². The van der Waals surface area contributed by atoms with Crippen LogP contribution in [0.1, 0.15) is 29.8 Å². The summed E-state index contributed by atoms with van der Waals surface area (Å²) in [6.07, 6.45) is 1.64. The highest BCUT2D eigenvalue weighted by Crippen LogP contribution is 2.24. The lowest BCUT2D eigenvalue weighted by Gasteiger charge is -2.29. The van der Waals surface area contributed by atoms with Crippen LogP contribution in [-0.2, 0) is 10.3 Å². The molecule has 2 aromatic heterocycles. The van der Waals surface area contributed by atoms with E-state index in [1.165, 1.54) is 6.07 Å². The number of benzene rings is 2. The van der Waals surface area contributed by atoms with Gasteiger partial charge in [0.05, 0.1) is 23.2 Å². The summed E-state index contributed by atoms with van der Waals surface area (Å²) in [7, 11) is 0. The van der Waals surface area contributed by atoms with Crippen molar-refractivity contribution in [2.24, 2.45) is 0 Å². The summed E-state index contributed by atoms with van der Waals surface area (Å²) in [6, 6.07) is 13.1. The van der Waals surface area contributed by atoms with E-state index in [0.717, 1.165) is 11.6 Å². The summed E-state index contributed by atoms with van der Waals surface area (Å²) in [6.45, 7) is 5.05. The number of nitrogens with one attached hydrogen (secondary N) is 3. The highest BCUT2D eigenvalue weighted by atomic mass is 19.1. The number of aromatic nitrogens is 2. The summed E-state index contributed by atoms with van der Waals surface area (Å²) in [4.78, 5) is 47.0. The smallest absolute Gasteiger partial charge is 0.255 e. The standard InChI is InChI=1S/C26H24FN5O3/c1-26(2,15-7-8-22(29-13-15)32-10-9-28-23(33)14-32)31-25(35)17-12-21-18(11-19(17)27)24(34)16-5-3-4-6-20(16)30-21/h3-8,11-13H,9-10,14H2,1-2H3,(H,28,33)(H,30,34)(H,31,35). The van der Waals surface area contributed by atoms with E-state index < -0.39 is 17.3 Å². The van der Waals surface area contributed by atoms with Gasteiger partial charge in [0.15, 0.2) is 5.43 Å². The normalized spacial score (nSPS) is 14.3. The molecule has 1 aliphatic heterocycles. The van der Waals surface area contributed by atoms with Crippen LogP contribution in [0.15, 0.2) is 59.5 Å². The molecule has 0 spiro atoms. The minimum Gasteiger partial charge on any atom is -0.354 e. The number of carbonyl (C=O) groups is 2. The number of nitrogens with zero attached hydrogens (tertiary/aromatic N) is 2. The fourth-order valence-corrected chi connectivity index (χ4v) is 4.32. The number of hydrogen-bond acceptors (Lipinski definition) is 5. The largest absolute Gasteiger partial charge is 0.354 e. The molecule has 178 valence electrons. The van der Waals surface area contributed by atoms with Gasteiger partial charge in [-0.05, 0) is 49.7 Å². The predicted molar refractivity (Wildman–Crippen MR) is 132 cm³/mol. The number of aromatic amines is 1. The molecule has 0 unspecified atom stereocenters. The maximum Gasteiger partial charge on any atom is 0.255 e. The molecule has 8 nitrogen and oxygen atoms in total. The lowest BCUT2D eigenvalue weighted by Crippen LogP contribution is -2.48. The first kappa shape index (κ1) is 22.5. The molecule has 9 heteroatoms. The number of para-hydroxylation sites is 1. The summed E-state index contributed by atoms with van der Waals surface area (Å²) in [5, 5.41) is 6.28. The molecule has 0 saturated carbocycles. The van der Waals surface area contributed by atoms with E-state index in [1.807, 2.05) is 11.0 Å². The minimum atomic E-state index is -0.861. The number of carbonyl (C=O) groups excluding carboxylic acids is 2. The average molecular weight is 474 g/mol. The molecular weight excluding hydrogens is 449 g/mol. The highest BCUT2D eigenvalue weighted by Gasteiger charge is 2.27. The Hall–Kier alpha value is -4.27. The second-order valence-electron chi connectivity index (χ2n) is 9.13. The van der Waals surface area contributed by atoms with E-state index in [-0.39, 0.29) is 28.8 Å². The van der Waals surface area contributed by atoms with Gasteiger partial charge >= 0.3 is 0 Å². The van der Waals surface area contributed by atoms with Crippen LogP contribution in [0, 0.1) is 5.82 Å². The van der Waals surface area contributed by atoms with Gasteiger partial charge < -0.3 is 20.5 Å². The van der Waals surface area contributed by atoms with Gasteiger partial charge in [0.25, 0.3) is 5.91 Å². The average Bonchev–Trinajstić information content (AvgIpc) is 2.84. The Labute approximate surface area is 200 Å². The Morgan fingerprint density at radius 3 is 2.63 bits per heavy atom. The molecular formula is C26H24FN5O3. The van der Waals surface area contributed by atoms with Crippen LogP contribution in [0.4, 0.5) is 10.2 Å². The number of H-pyrrole nitrogens is 1. The summed E-state index contributed by atoms with van der Waals surface area (Å²) < 4.78 is 15.0. The van der Waals surface area contributed by atoms with E-state index in [0.29, 0.717) is 35.3 Å².